The molecule has 4 aliphatic heterocycles. The highest BCUT2D eigenvalue weighted by Crippen LogP contribution is 2.54. The summed E-state index contributed by atoms with van der Waals surface area (Å²) in [6, 6.07) is 0. The van der Waals surface area contributed by atoms with E-state index in [-0.39, 0.29) is 36.6 Å². The van der Waals surface area contributed by atoms with Gasteiger partial charge in [0, 0.05) is 11.8 Å². The van der Waals surface area contributed by atoms with Crippen LogP contribution in [0.15, 0.2) is 0 Å². The molecule has 6 aliphatic rings. The van der Waals surface area contributed by atoms with Crippen molar-refractivity contribution in [3.63, 3.8) is 0 Å². The van der Waals surface area contributed by atoms with E-state index >= 15 is 0 Å². The van der Waals surface area contributed by atoms with E-state index in [1.54, 1.807) is 0 Å². The van der Waals surface area contributed by atoms with Crippen molar-refractivity contribution in [3.8, 4) is 0 Å². The van der Waals surface area contributed by atoms with Crippen molar-refractivity contribution in [2.24, 2.45) is 11.8 Å². The van der Waals surface area contributed by atoms with Gasteiger partial charge in [-0.2, -0.15) is 0 Å². The van der Waals surface area contributed by atoms with E-state index in [2.05, 4.69) is 0 Å². The maximum atomic E-state index is 6.07. The molecule has 4 heterocycles. The fourth-order valence-corrected chi connectivity index (χ4v) is 3.71. The van der Waals surface area contributed by atoms with E-state index in [1.165, 1.54) is 0 Å². The minimum atomic E-state index is 0.195. The lowest BCUT2D eigenvalue weighted by molar-refractivity contribution is -0.304. The van der Waals surface area contributed by atoms with E-state index in [0.29, 0.717) is 11.8 Å². The quantitative estimate of drug-likeness (QED) is 0.526. The van der Waals surface area contributed by atoms with Crippen LogP contribution in [0.4, 0.5) is 0 Å². The predicted octanol–water partition coefficient (Wildman–Crippen LogP) is -0.435. The SMILES string of the molecule is C1OC2C3OC4C1C1OC2C3COC41. The molecule has 6 rings (SSSR count). The third kappa shape index (κ3) is 0.560. The third-order valence-electron chi connectivity index (χ3n) is 4.57. The van der Waals surface area contributed by atoms with Crippen LogP contribution in [-0.2, 0) is 18.9 Å². The van der Waals surface area contributed by atoms with E-state index < -0.39 is 0 Å². The molecule has 76 valence electrons. The zero-order valence-electron chi connectivity index (χ0n) is 7.67. The molecule has 0 aromatic rings. The van der Waals surface area contributed by atoms with E-state index in [0.717, 1.165) is 13.2 Å². The summed E-state index contributed by atoms with van der Waals surface area (Å²) in [6.45, 7) is 1.61. The van der Waals surface area contributed by atoms with Crippen LogP contribution in [0.5, 0.6) is 0 Å². The monoisotopic (exact) mass is 196 g/mol. The molecule has 4 saturated heterocycles. The molecule has 6 fully saturated rings. The molecule has 2 aliphatic carbocycles. The van der Waals surface area contributed by atoms with Gasteiger partial charge >= 0.3 is 0 Å². The predicted molar refractivity (Wildman–Crippen MR) is 43.8 cm³/mol. The van der Waals surface area contributed by atoms with Gasteiger partial charge in [0.25, 0.3) is 0 Å². The van der Waals surface area contributed by atoms with Crippen molar-refractivity contribution in [2.75, 3.05) is 13.2 Å². The minimum Gasteiger partial charge on any atom is -0.372 e. The highest BCUT2D eigenvalue weighted by molar-refractivity contribution is 5.16. The number of hydrogen-bond donors (Lipinski definition) is 0. The standard InChI is InChI=1S/C10H12O4/c1-3-5-10-6(3)14-8-4(2-12-10)7(13-5)9(8)11-1/h3-10H,1-2H2. The molecule has 0 spiro atoms. The maximum Gasteiger partial charge on any atom is 0.111 e. The molecule has 0 N–H and O–H groups in total. The summed E-state index contributed by atoms with van der Waals surface area (Å²) in [5.74, 6) is 0.855. The van der Waals surface area contributed by atoms with Crippen LogP contribution < -0.4 is 0 Å². The summed E-state index contributed by atoms with van der Waals surface area (Å²) in [7, 11) is 0. The molecule has 4 nitrogen and oxygen atoms in total. The van der Waals surface area contributed by atoms with Gasteiger partial charge in [-0.15, -0.1) is 0 Å². The van der Waals surface area contributed by atoms with Gasteiger partial charge in [0.15, 0.2) is 0 Å². The highest BCUT2D eigenvalue weighted by atomic mass is 16.7. The Bertz CT molecular complexity index is 232. The van der Waals surface area contributed by atoms with E-state index in [4.69, 9.17) is 18.9 Å². The largest absolute Gasteiger partial charge is 0.372 e. The van der Waals surface area contributed by atoms with Crippen LogP contribution >= 0.6 is 0 Å². The number of rotatable bonds is 0. The number of fused-ring (bicyclic) bond motifs is 2. The lowest BCUT2D eigenvalue weighted by atomic mass is 9.72. The van der Waals surface area contributed by atoms with Gasteiger partial charge in [-0.05, 0) is 0 Å². The summed E-state index contributed by atoms with van der Waals surface area (Å²) < 4.78 is 23.8. The first kappa shape index (κ1) is 7.17. The molecule has 2 saturated carbocycles. The average molecular weight is 196 g/mol. The Morgan fingerprint density at radius 3 is 1.43 bits per heavy atom. The van der Waals surface area contributed by atoms with Gasteiger partial charge in [-0.3, -0.25) is 0 Å². The Morgan fingerprint density at radius 1 is 0.571 bits per heavy atom. The Morgan fingerprint density at radius 2 is 1.00 bits per heavy atom. The first-order chi connectivity index (χ1) is 6.93. The van der Waals surface area contributed by atoms with Crippen LogP contribution in [0.2, 0.25) is 0 Å². The Labute approximate surface area is 81.4 Å². The summed E-state index contributed by atoms with van der Waals surface area (Å²) in [4.78, 5) is 0. The highest BCUT2D eigenvalue weighted by Gasteiger charge is 2.70. The van der Waals surface area contributed by atoms with Crippen molar-refractivity contribution in [1.82, 2.24) is 0 Å². The molecule has 14 heavy (non-hydrogen) atoms. The van der Waals surface area contributed by atoms with Gasteiger partial charge in [-0.1, -0.05) is 0 Å². The third-order valence-corrected chi connectivity index (χ3v) is 4.57. The van der Waals surface area contributed by atoms with Gasteiger partial charge in [-0.25, -0.2) is 0 Å². The zero-order valence-corrected chi connectivity index (χ0v) is 7.67. The van der Waals surface area contributed by atoms with Gasteiger partial charge < -0.3 is 18.9 Å². The number of ether oxygens (including phenoxy) is 4. The topological polar surface area (TPSA) is 36.9 Å². The van der Waals surface area contributed by atoms with Crippen molar-refractivity contribution in [2.45, 2.75) is 36.6 Å². The van der Waals surface area contributed by atoms with Gasteiger partial charge in [0.2, 0.25) is 0 Å². The molecule has 4 heteroatoms. The summed E-state index contributed by atoms with van der Waals surface area (Å²) in [6.07, 6.45) is 1.39. The summed E-state index contributed by atoms with van der Waals surface area (Å²) >= 11 is 0. The second-order valence-corrected chi connectivity index (χ2v) is 5.05. The molecule has 0 aromatic carbocycles. The van der Waals surface area contributed by atoms with Gasteiger partial charge in [0.05, 0.1) is 37.6 Å². The molecular weight excluding hydrogens is 184 g/mol. The van der Waals surface area contributed by atoms with Crippen molar-refractivity contribution in [3.05, 3.63) is 0 Å². The molecule has 4 unspecified atom stereocenters. The van der Waals surface area contributed by atoms with E-state index in [9.17, 15) is 0 Å². The minimum absolute atomic E-state index is 0.195. The molecule has 4 atom stereocenters. The Hall–Kier alpha value is -0.160. The van der Waals surface area contributed by atoms with Crippen LogP contribution in [0.3, 0.4) is 0 Å². The van der Waals surface area contributed by atoms with E-state index in [1.807, 2.05) is 0 Å². The second kappa shape index (κ2) is 2.02. The lowest BCUT2D eigenvalue weighted by Gasteiger charge is -2.54. The fraction of sp³-hybridized carbons (Fsp3) is 1.00. The smallest absolute Gasteiger partial charge is 0.111 e. The Kier molecular flexibility index (Phi) is 1.04. The average Bonchev–Trinajstić information content (AvgIpc) is 2.48. The van der Waals surface area contributed by atoms with Crippen LogP contribution in [0.1, 0.15) is 0 Å². The number of hydrogen-bond acceptors (Lipinski definition) is 4. The summed E-state index contributed by atoms with van der Waals surface area (Å²) in [5, 5.41) is 0. The second-order valence-electron chi connectivity index (χ2n) is 5.05. The molecule has 8 bridgehead atoms. The Balaban J connectivity index is 1.70. The zero-order chi connectivity index (χ0) is 8.86. The van der Waals surface area contributed by atoms with Crippen LogP contribution in [0.25, 0.3) is 0 Å². The first-order valence-electron chi connectivity index (χ1n) is 5.47. The van der Waals surface area contributed by atoms with Crippen molar-refractivity contribution in [1.29, 1.82) is 0 Å². The molecule has 0 radical (unpaired) electrons. The molecular formula is C10H12O4. The maximum absolute atomic E-state index is 6.07. The van der Waals surface area contributed by atoms with Crippen LogP contribution in [0, 0.1) is 11.8 Å². The van der Waals surface area contributed by atoms with Crippen LogP contribution in [-0.4, -0.2) is 49.8 Å². The summed E-state index contributed by atoms with van der Waals surface area (Å²) in [5.41, 5.74) is 0. The lowest BCUT2D eigenvalue weighted by Crippen LogP contribution is -2.70. The van der Waals surface area contributed by atoms with Crippen molar-refractivity contribution < 1.29 is 18.9 Å². The van der Waals surface area contributed by atoms with Gasteiger partial charge in [0.1, 0.15) is 12.2 Å². The normalized spacial score (nSPS) is 72.0. The van der Waals surface area contributed by atoms with Crippen molar-refractivity contribution >= 4 is 0 Å². The molecule has 0 amide bonds. The molecule has 0 aromatic heterocycles. The first-order valence-corrected chi connectivity index (χ1v) is 5.47. The fourth-order valence-electron chi connectivity index (χ4n) is 3.71.